The predicted molar refractivity (Wildman–Crippen MR) is 140 cm³/mol. The fraction of sp³-hybridized carbons (Fsp3) is 0.333. The summed E-state index contributed by atoms with van der Waals surface area (Å²) in [7, 11) is 5.56. The molecule has 1 aliphatic carbocycles. The highest BCUT2D eigenvalue weighted by molar-refractivity contribution is 5.93. The van der Waals surface area contributed by atoms with E-state index in [1.54, 1.807) is 22.5 Å². The summed E-state index contributed by atoms with van der Waals surface area (Å²) in [6.45, 7) is 0. The summed E-state index contributed by atoms with van der Waals surface area (Å²) in [6, 6.07) is 10.0. The summed E-state index contributed by atoms with van der Waals surface area (Å²) in [5.41, 5.74) is 2.96. The average Bonchev–Trinajstić information content (AvgIpc) is 3.50. The van der Waals surface area contributed by atoms with Crippen LogP contribution in [0.1, 0.15) is 31.7 Å². The molecule has 1 saturated carbocycles. The molecule has 1 fully saturated rings. The van der Waals surface area contributed by atoms with Crippen LogP contribution >= 0.6 is 0 Å². The molecule has 6 rings (SSSR count). The van der Waals surface area contributed by atoms with E-state index in [1.165, 1.54) is 0 Å². The molecule has 5 aromatic rings. The molecule has 1 aliphatic rings. The molecule has 0 spiro atoms. The molecule has 0 radical (unpaired) electrons. The van der Waals surface area contributed by atoms with Gasteiger partial charge in [0.2, 0.25) is 0 Å². The monoisotopic (exact) mass is 483 g/mol. The van der Waals surface area contributed by atoms with Crippen molar-refractivity contribution in [2.24, 2.45) is 14.1 Å². The highest BCUT2D eigenvalue weighted by Gasteiger charge is 2.27. The van der Waals surface area contributed by atoms with Crippen molar-refractivity contribution in [3.05, 3.63) is 65.5 Å². The summed E-state index contributed by atoms with van der Waals surface area (Å²) in [6.07, 6.45) is 11.4. The molecule has 0 amide bonds. The van der Waals surface area contributed by atoms with Crippen LogP contribution in [0.25, 0.3) is 32.9 Å². The molecule has 1 N–H and O–H groups in total. The van der Waals surface area contributed by atoms with Crippen molar-refractivity contribution < 1.29 is 4.74 Å². The number of aryl methyl sites for hydroxylation is 2. The zero-order valence-electron chi connectivity index (χ0n) is 20.7. The Kier molecular flexibility index (Phi) is 5.47. The lowest BCUT2D eigenvalue weighted by Crippen LogP contribution is -2.26. The van der Waals surface area contributed by atoms with Gasteiger partial charge in [0.05, 0.1) is 29.2 Å². The summed E-state index contributed by atoms with van der Waals surface area (Å²) in [5, 5.41) is 15.1. The van der Waals surface area contributed by atoms with E-state index in [2.05, 4.69) is 26.1 Å². The Morgan fingerprint density at radius 1 is 1.03 bits per heavy atom. The maximum absolute atomic E-state index is 12.5. The van der Waals surface area contributed by atoms with E-state index in [0.29, 0.717) is 5.39 Å². The first-order valence-electron chi connectivity index (χ1n) is 12.3. The maximum atomic E-state index is 12.5. The van der Waals surface area contributed by atoms with Crippen molar-refractivity contribution in [1.82, 2.24) is 29.1 Å². The van der Waals surface area contributed by atoms with Gasteiger partial charge in [0.15, 0.2) is 0 Å². The Balaban J connectivity index is 1.26. The number of hydrogen-bond donors (Lipinski definition) is 1. The number of benzene rings is 1. The lowest BCUT2D eigenvalue weighted by Gasteiger charge is -2.30. The first-order chi connectivity index (χ1) is 17.5. The van der Waals surface area contributed by atoms with Crippen LogP contribution in [-0.4, -0.2) is 42.3 Å². The first-order valence-corrected chi connectivity index (χ1v) is 12.3. The summed E-state index contributed by atoms with van der Waals surface area (Å²) in [5.74, 6) is 1.60. The van der Waals surface area contributed by atoms with E-state index in [0.717, 1.165) is 64.8 Å². The minimum Gasteiger partial charge on any atom is -0.490 e. The molecule has 184 valence electrons. The number of ether oxygens (including phenoxy) is 1. The molecule has 1 aromatic carbocycles. The Hall–Kier alpha value is -4.14. The van der Waals surface area contributed by atoms with Gasteiger partial charge in [-0.2, -0.15) is 10.2 Å². The number of fused-ring (bicyclic) bond motifs is 2. The Morgan fingerprint density at radius 3 is 2.61 bits per heavy atom. The van der Waals surface area contributed by atoms with Gasteiger partial charge in [0, 0.05) is 62.1 Å². The van der Waals surface area contributed by atoms with E-state index in [4.69, 9.17) is 9.84 Å². The topological polar surface area (TPSA) is 91.8 Å². The minimum absolute atomic E-state index is 0.00735. The second kappa shape index (κ2) is 8.82. The largest absolute Gasteiger partial charge is 0.490 e. The fourth-order valence-electron chi connectivity index (χ4n) is 5.24. The lowest BCUT2D eigenvalue weighted by atomic mass is 9.93. The van der Waals surface area contributed by atoms with Crippen LogP contribution in [0.5, 0.6) is 5.75 Å². The molecule has 9 nitrogen and oxygen atoms in total. The zero-order chi connectivity index (χ0) is 24.8. The van der Waals surface area contributed by atoms with Gasteiger partial charge < -0.3 is 14.6 Å². The van der Waals surface area contributed by atoms with Crippen LogP contribution in [0.15, 0.2) is 59.9 Å². The average molecular weight is 484 g/mol. The SMILES string of the molecule is CNc1cc2c(cn1)c(-c1cnn(C)c1)nn2[C@H]1CC[C@@H](Oc2cccc3c(=O)n(C)ccc23)CC1. The highest BCUT2D eigenvalue weighted by atomic mass is 16.5. The van der Waals surface area contributed by atoms with Crippen molar-refractivity contribution in [3.8, 4) is 17.0 Å². The molecule has 0 atom stereocenters. The lowest BCUT2D eigenvalue weighted by molar-refractivity contribution is 0.132. The normalized spacial score (nSPS) is 18.1. The third-order valence-electron chi connectivity index (χ3n) is 7.19. The van der Waals surface area contributed by atoms with E-state index in [9.17, 15) is 4.79 Å². The van der Waals surface area contributed by atoms with Crippen LogP contribution in [0.3, 0.4) is 0 Å². The number of nitrogens with zero attached hydrogens (tertiary/aromatic N) is 6. The molecule has 9 heteroatoms. The third kappa shape index (κ3) is 3.80. The van der Waals surface area contributed by atoms with Crippen molar-refractivity contribution in [2.75, 3.05) is 12.4 Å². The van der Waals surface area contributed by atoms with Gasteiger partial charge in [-0.15, -0.1) is 0 Å². The molecular formula is C27H29N7O2. The fourth-order valence-corrected chi connectivity index (χ4v) is 5.24. The van der Waals surface area contributed by atoms with Gasteiger partial charge in [-0.3, -0.25) is 14.2 Å². The van der Waals surface area contributed by atoms with E-state index in [-0.39, 0.29) is 17.7 Å². The maximum Gasteiger partial charge on any atom is 0.258 e. The molecule has 0 bridgehead atoms. The summed E-state index contributed by atoms with van der Waals surface area (Å²) < 4.78 is 12.0. The van der Waals surface area contributed by atoms with Crippen molar-refractivity contribution in [3.63, 3.8) is 0 Å². The van der Waals surface area contributed by atoms with Crippen molar-refractivity contribution in [1.29, 1.82) is 0 Å². The van der Waals surface area contributed by atoms with Crippen LogP contribution in [0.4, 0.5) is 5.82 Å². The van der Waals surface area contributed by atoms with Crippen LogP contribution in [0, 0.1) is 0 Å². The van der Waals surface area contributed by atoms with Gasteiger partial charge in [-0.1, -0.05) is 6.07 Å². The molecule has 4 heterocycles. The van der Waals surface area contributed by atoms with Gasteiger partial charge >= 0.3 is 0 Å². The van der Waals surface area contributed by atoms with Gasteiger partial charge in [0.25, 0.3) is 5.56 Å². The summed E-state index contributed by atoms with van der Waals surface area (Å²) >= 11 is 0. The van der Waals surface area contributed by atoms with E-state index in [1.807, 2.05) is 57.0 Å². The number of anilines is 1. The number of nitrogens with one attached hydrogen (secondary N) is 1. The van der Waals surface area contributed by atoms with Crippen molar-refractivity contribution >= 4 is 27.5 Å². The van der Waals surface area contributed by atoms with Gasteiger partial charge in [-0.05, 0) is 43.9 Å². The second-order valence-electron chi connectivity index (χ2n) is 9.53. The second-order valence-corrected chi connectivity index (χ2v) is 9.53. The third-order valence-corrected chi connectivity index (χ3v) is 7.19. The first kappa shape index (κ1) is 22.3. The van der Waals surface area contributed by atoms with Crippen LogP contribution in [0.2, 0.25) is 0 Å². The van der Waals surface area contributed by atoms with Crippen molar-refractivity contribution in [2.45, 2.75) is 37.8 Å². The predicted octanol–water partition coefficient (Wildman–Crippen LogP) is 4.29. The van der Waals surface area contributed by atoms with E-state index < -0.39 is 0 Å². The number of pyridine rings is 2. The Bertz CT molecular complexity index is 1620. The van der Waals surface area contributed by atoms with Gasteiger partial charge in [0.1, 0.15) is 17.3 Å². The molecular weight excluding hydrogens is 454 g/mol. The van der Waals surface area contributed by atoms with Crippen LogP contribution in [-0.2, 0) is 14.1 Å². The van der Waals surface area contributed by atoms with Gasteiger partial charge in [-0.25, -0.2) is 4.98 Å². The molecule has 4 aromatic heterocycles. The number of hydrogen-bond acceptors (Lipinski definition) is 6. The zero-order valence-corrected chi connectivity index (χ0v) is 20.7. The van der Waals surface area contributed by atoms with Crippen LogP contribution < -0.4 is 15.6 Å². The molecule has 0 saturated heterocycles. The Morgan fingerprint density at radius 2 is 1.86 bits per heavy atom. The smallest absolute Gasteiger partial charge is 0.258 e. The standard InChI is InChI=1S/C27H29N7O2/c1-28-25-13-23-22(15-29-25)26(17-14-30-33(3)16-17)31-34(23)18-7-9-19(10-8-18)36-24-6-4-5-21-20(24)11-12-32(2)27(21)35/h4-6,11-16,18-19H,7-10H2,1-3H3,(H,28,29)/t18-,19+. The van der Waals surface area contributed by atoms with E-state index >= 15 is 0 Å². The number of rotatable bonds is 5. The molecule has 0 unspecified atom stereocenters. The molecule has 0 aliphatic heterocycles. The molecule has 36 heavy (non-hydrogen) atoms. The minimum atomic E-state index is -0.00735. The summed E-state index contributed by atoms with van der Waals surface area (Å²) in [4.78, 5) is 17.1. The highest BCUT2D eigenvalue weighted by Crippen LogP contribution is 2.37. The number of aromatic nitrogens is 6. The quantitative estimate of drug-likeness (QED) is 0.401. The Labute approximate surface area is 208 Å².